The SMILES string of the molecule is COc1cccc2c1OC[C@H](CNC(=O)c1n[nH]c3ccc(C)cc13)C2. The second-order valence-corrected chi connectivity index (χ2v) is 6.66. The van der Waals surface area contributed by atoms with Gasteiger partial charge in [0.2, 0.25) is 0 Å². The maximum atomic E-state index is 12.6. The van der Waals surface area contributed by atoms with Gasteiger partial charge in [-0.25, -0.2) is 0 Å². The molecule has 26 heavy (non-hydrogen) atoms. The smallest absolute Gasteiger partial charge is 0.272 e. The maximum absolute atomic E-state index is 12.6. The molecule has 1 aliphatic rings. The van der Waals surface area contributed by atoms with Gasteiger partial charge in [-0.2, -0.15) is 5.10 Å². The zero-order valence-electron chi connectivity index (χ0n) is 14.8. The summed E-state index contributed by atoms with van der Waals surface area (Å²) in [5.41, 5.74) is 3.50. The second-order valence-electron chi connectivity index (χ2n) is 6.66. The van der Waals surface area contributed by atoms with E-state index in [-0.39, 0.29) is 11.8 Å². The first-order valence-corrected chi connectivity index (χ1v) is 8.67. The number of aromatic amines is 1. The topological polar surface area (TPSA) is 76.2 Å². The lowest BCUT2D eigenvalue weighted by Gasteiger charge is -2.26. The third-order valence-electron chi connectivity index (χ3n) is 4.74. The number of benzene rings is 2. The highest BCUT2D eigenvalue weighted by molar-refractivity contribution is 6.04. The molecule has 0 aliphatic carbocycles. The van der Waals surface area contributed by atoms with E-state index < -0.39 is 0 Å². The predicted molar refractivity (Wildman–Crippen MR) is 98.8 cm³/mol. The molecule has 4 rings (SSSR count). The maximum Gasteiger partial charge on any atom is 0.272 e. The van der Waals surface area contributed by atoms with Crippen molar-refractivity contribution in [3.8, 4) is 11.5 Å². The number of hydrogen-bond acceptors (Lipinski definition) is 4. The summed E-state index contributed by atoms with van der Waals surface area (Å²) in [6, 6.07) is 11.8. The minimum absolute atomic E-state index is 0.168. The number of aromatic nitrogens is 2. The summed E-state index contributed by atoms with van der Waals surface area (Å²) in [6.45, 7) is 3.09. The van der Waals surface area contributed by atoms with Gasteiger partial charge in [0.05, 0.1) is 19.2 Å². The first-order valence-electron chi connectivity index (χ1n) is 8.67. The molecule has 0 radical (unpaired) electrons. The Morgan fingerprint density at radius 1 is 1.38 bits per heavy atom. The second kappa shape index (κ2) is 6.71. The molecule has 6 heteroatoms. The van der Waals surface area contributed by atoms with Crippen molar-refractivity contribution in [2.24, 2.45) is 5.92 Å². The third-order valence-corrected chi connectivity index (χ3v) is 4.74. The van der Waals surface area contributed by atoms with Gasteiger partial charge in [-0.3, -0.25) is 9.89 Å². The molecule has 0 saturated carbocycles. The van der Waals surface area contributed by atoms with Crippen LogP contribution >= 0.6 is 0 Å². The van der Waals surface area contributed by atoms with Crippen molar-refractivity contribution >= 4 is 16.8 Å². The molecule has 2 heterocycles. The van der Waals surface area contributed by atoms with E-state index in [1.165, 1.54) is 0 Å². The lowest BCUT2D eigenvalue weighted by Crippen LogP contribution is -2.35. The number of carbonyl (C=O) groups excluding carboxylic acids is 1. The van der Waals surface area contributed by atoms with Crippen LogP contribution in [0.4, 0.5) is 0 Å². The molecule has 0 bridgehead atoms. The first-order chi connectivity index (χ1) is 12.7. The molecule has 1 aromatic heterocycles. The van der Waals surface area contributed by atoms with E-state index in [1.807, 2.05) is 43.3 Å². The van der Waals surface area contributed by atoms with Crippen molar-refractivity contribution < 1.29 is 14.3 Å². The number of aryl methyl sites for hydroxylation is 1. The van der Waals surface area contributed by atoms with Gasteiger partial charge in [0.25, 0.3) is 5.91 Å². The number of ether oxygens (including phenoxy) is 2. The number of para-hydroxylation sites is 1. The average Bonchev–Trinajstić information content (AvgIpc) is 3.08. The summed E-state index contributed by atoms with van der Waals surface area (Å²) in [5.74, 6) is 1.61. The van der Waals surface area contributed by atoms with Gasteiger partial charge < -0.3 is 14.8 Å². The highest BCUT2D eigenvalue weighted by Crippen LogP contribution is 2.35. The Labute approximate surface area is 151 Å². The molecule has 0 fully saturated rings. The van der Waals surface area contributed by atoms with Crippen LogP contribution in [0, 0.1) is 12.8 Å². The van der Waals surface area contributed by atoms with Crippen LogP contribution in [0.2, 0.25) is 0 Å². The molecule has 1 aliphatic heterocycles. The largest absolute Gasteiger partial charge is 0.493 e. The molecule has 134 valence electrons. The van der Waals surface area contributed by atoms with Crippen LogP contribution in [0.3, 0.4) is 0 Å². The summed E-state index contributed by atoms with van der Waals surface area (Å²) in [5, 5.41) is 10.9. The average molecular weight is 351 g/mol. The van der Waals surface area contributed by atoms with Gasteiger partial charge in [-0.05, 0) is 37.1 Å². The zero-order chi connectivity index (χ0) is 18.1. The number of rotatable bonds is 4. The Kier molecular flexibility index (Phi) is 4.24. The van der Waals surface area contributed by atoms with Gasteiger partial charge in [0.1, 0.15) is 0 Å². The Morgan fingerprint density at radius 2 is 2.27 bits per heavy atom. The summed E-state index contributed by atoms with van der Waals surface area (Å²) in [4.78, 5) is 12.6. The normalized spacial score (nSPS) is 16.0. The molecule has 1 amide bonds. The van der Waals surface area contributed by atoms with Crippen LogP contribution in [0.5, 0.6) is 11.5 Å². The van der Waals surface area contributed by atoms with Gasteiger partial charge in [-0.15, -0.1) is 0 Å². The summed E-state index contributed by atoms with van der Waals surface area (Å²) >= 11 is 0. The number of nitrogens with one attached hydrogen (secondary N) is 2. The summed E-state index contributed by atoms with van der Waals surface area (Å²) in [7, 11) is 1.64. The third kappa shape index (κ3) is 2.98. The van der Waals surface area contributed by atoms with Crippen LogP contribution in [0.1, 0.15) is 21.6 Å². The van der Waals surface area contributed by atoms with E-state index in [1.54, 1.807) is 7.11 Å². The van der Waals surface area contributed by atoms with Crippen LogP contribution in [-0.2, 0) is 6.42 Å². The van der Waals surface area contributed by atoms with E-state index in [4.69, 9.17) is 9.47 Å². The van der Waals surface area contributed by atoms with Crippen molar-refractivity contribution in [2.75, 3.05) is 20.3 Å². The molecule has 3 aromatic rings. The Balaban J connectivity index is 1.44. The molecule has 1 atom stereocenters. The van der Waals surface area contributed by atoms with Crippen molar-refractivity contribution in [3.05, 3.63) is 53.2 Å². The summed E-state index contributed by atoms with van der Waals surface area (Å²) in [6.07, 6.45) is 0.841. The fourth-order valence-corrected chi connectivity index (χ4v) is 3.37. The lowest BCUT2D eigenvalue weighted by atomic mass is 9.96. The zero-order valence-corrected chi connectivity index (χ0v) is 14.8. The standard InChI is InChI=1S/C20H21N3O3/c1-12-6-7-16-15(8-12)18(23-22-16)20(24)21-10-13-9-14-4-3-5-17(25-2)19(14)26-11-13/h3-8,13H,9-11H2,1-2H3,(H,21,24)(H,22,23)/t13-/m0/s1. The van der Waals surface area contributed by atoms with E-state index in [0.29, 0.717) is 18.8 Å². The summed E-state index contributed by atoms with van der Waals surface area (Å²) < 4.78 is 11.2. The Morgan fingerprint density at radius 3 is 3.12 bits per heavy atom. The Bertz CT molecular complexity index is 964. The lowest BCUT2D eigenvalue weighted by molar-refractivity contribution is 0.0935. The van der Waals surface area contributed by atoms with Gasteiger partial charge in [-0.1, -0.05) is 23.8 Å². The highest BCUT2D eigenvalue weighted by Gasteiger charge is 2.24. The van der Waals surface area contributed by atoms with Crippen LogP contribution in [0.15, 0.2) is 36.4 Å². The van der Waals surface area contributed by atoms with Crippen LogP contribution in [-0.4, -0.2) is 36.4 Å². The number of hydrogen-bond donors (Lipinski definition) is 2. The number of amides is 1. The van der Waals surface area contributed by atoms with Crippen molar-refractivity contribution in [1.29, 1.82) is 0 Å². The number of nitrogens with zero attached hydrogens (tertiary/aromatic N) is 1. The van der Waals surface area contributed by atoms with Gasteiger partial charge in [0, 0.05) is 17.8 Å². The minimum atomic E-state index is -0.168. The molecule has 2 aromatic carbocycles. The number of carbonyl (C=O) groups is 1. The molecular formula is C20H21N3O3. The predicted octanol–water partition coefficient (Wildman–Crippen LogP) is 2.86. The van der Waals surface area contributed by atoms with Gasteiger partial charge in [0.15, 0.2) is 17.2 Å². The van der Waals surface area contributed by atoms with Crippen LogP contribution < -0.4 is 14.8 Å². The molecule has 6 nitrogen and oxygen atoms in total. The van der Waals surface area contributed by atoms with Crippen molar-refractivity contribution in [2.45, 2.75) is 13.3 Å². The molecule has 0 saturated heterocycles. The highest BCUT2D eigenvalue weighted by atomic mass is 16.5. The molecule has 0 spiro atoms. The quantitative estimate of drug-likeness (QED) is 0.758. The fraction of sp³-hybridized carbons (Fsp3) is 0.300. The fourth-order valence-electron chi connectivity index (χ4n) is 3.37. The van der Waals surface area contributed by atoms with E-state index in [2.05, 4.69) is 15.5 Å². The van der Waals surface area contributed by atoms with E-state index in [0.717, 1.165) is 39.9 Å². The molecule has 0 unspecified atom stereocenters. The first kappa shape index (κ1) is 16.4. The van der Waals surface area contributed by atoms with Crippen molar-refractivity contribution in [3.63, 3.8) is 0 Å². The monoisotopic (exact) mass is 351 g/mol. The Hall–Kier alpha value is -3.02. The van der Waals surface area contributed by atoms with E-state index >= 15 is 0 Å². The molecular weight excluding hydrogens is 330 g/mol. The minimum Gasteiger partial charge on any atom is -0.493 e. The van der Waals surface area contributed by atoms with Gasteiger partial charge >= 0.3 is 0 Å². The van der Waals surface area contributed by atoms with Crippen LogP contribution in [0.25, 0.3) is 10.9 Å². The number of methoxy groups -OCH3 is 1. The van der Waals surface area contributed by atoms with E-state index in [9.17, 15) is 4.79 Å². The molecule has 2 N–H and O–H groups in total. The van der Waals surface area contributed by atoms with Crippen molar-refractivity contribution in [1.82, 2.24) is 15.5 Å². The number of H-pyrrole nitrogens is 1. The number of fused-ring (bicyclic) bond motifs is 2.